The molecule has 26 heavy (non-hydrogen) atoms. The molecule has 2 amide bonds. The van der Waals surface area contributed by atoms with Crippen LogP contribution in [0.25, 0.3) is 0 Å². The third kappa shape index (κ3) is 3.71. The van der Waals surface area contributed by atoms with Gasteiger partial charge in [-0.15, -0.1) is 0 Å². The number of hydrogen-bond donors (Lipinski definition) is 1. The molecule has 1 aliphatic carbocycles. The lowest BCUT2D eigenvalue weighted by Gasteiger charge is -2.36. The van der Waals surface area contributed by atoms with Gasteiger partial charge < -0.3 is 10.1 Å². The smallest absolute Gasteiger partial charge is 0.268 e. The van der Waals surface area contributed by atoms with Gasteiger partial charge in [-0.3, -0.25) is 14.5 Å². The predicted octanol–water partition coefficient (Wildman–Crippen LogP) is 3.44. The molecule has 0 saturated heterocycles. The summed E-state index contributed by atoms with van der Waals surface area (Å²) in [6, 6.07) is 5.96. The lowest BCUT2D eigenvalue weighted by Crippen LogP contribution is -2.52. The summed E-state index contributed by atoms with van der Waals surface area (Å²) in [5, 5.41) is 3.17. The Morgan fingerprint density at radius 1 is 1.31 bits per heavy atom. The number of rotatable bonds is 4. The first-order valence-electron chi connectivity index (χ1n) is 9.78. The molecule has 4 atom stereocenters. The molecule has 0 bridgehead atoms. The maximum atomic E-state index is 12.8. The Labute approximate surface area is 156 Å². The number of carbonyl (C=O) groups is 2. The monoisotopic (exact) mass is 358 g/mol. The van der Waals surface area contributed by atoms with Crippen LogP contribution < -0.4 is 15.0 Å². The summed E-state index contributed by atoms with van der Waals surface area (Å²) in [7, 11) is 0. The number of fused-ring (bicyclic) bond motifs is 1. The Kier molecular flexibility index (Phi) is 5.54. The van der Waals surface area contributed by atoms with Gasteiger partial charge in [0.25, 0.3) is 5.91 Å². The van der Waals surface area contributed by atoms with E-state index in [0.717, 1.165) is 18.4 Å². The van der Waals surface area contributed by atoms with Crippen LogP contribution in [0.15, 0.2) is 18.2 Å². The molecular formula is C21H30N2O3. The van der Waals surface area contributed by atoms with Crippen molar-refractivity contribution in [1.29, 1.82) is 0 Å². The summed E-state index contributed by atoms with van der Waals surface area (Å²) in [6.45, 7) is 8.40. The highest BCUT2D eigenvalue weighted by Gasteiger charge is 2.35. The number of anilines is 1. The minimum absolute atomic E-state index is 0.0484. The summed E-state index contributed by atoms with van der Waals surface area (Å²) < 4.78 is 5.82. The maximum absolute atomic E-state index is 12.8. The summed E-state index contributed by atoms with van der Waals surface area (Å²) in [5.41, 5.74) is 1.73. The van der Waals surface area contributed by atoms with E-state index in [2.05, 4.69) is 19.2 Å². The highest BCUT2D eigenvalue weighted by molar-refractivity contribution is 6.03. The second kappa shape index (κ2) is 7.68. The summed E-state index contributed by atoms with van der Waals surface area (Å²) in [5.74, 6) is 1.53. The highest BCUT2D eigenvalue weighted by atomic mass is 16.5. The van der Waals surface area contributed by atoms with E-state index in [1.165, 1.54) is 6.42 Å². The van der Waals surface area contributed by atoms with E-state index in [1.54, 1.807) is 4.90 Å². The molecule has 5 nitrogen and oxygen atoms in total. The molecule has 1 heterocycles. The Bertz CT molecular complexity index is 688. The van der Waals surface area contributed by atoms with E-state index >= 15 is 0 Å². The molecule has 1 aromatic rings. The van der Waals surface area contributed by atoms with E-state index < -0.39 is 6.10 Å². The highest BCUT2D eigenvalue weighted by Crippen LogP contribution is 2.35. The summed E-state index contributed by atoms with van der Waals surface area (Å²) >= 11 is 0. The van der Waals surface area contributed by atoms with Gasteiger partial charge in [-0.1, -0.05) is 39.7 Å². The lowest BCUT2D eigenvalue weighted by molar-refractivity contribution is -0.129. The fourth-order valence-corrected chi connectivity index (χ4v) is 4.04. The van der Waals surface area contributed by atoms with Gasteiger partial charge in [0.05, 0.1) is 5.69 Å². The Balaban J connectivity index is 1.76. The van der Waals surface area contributed by atoms with Gasteiger partial charge in [-0.2, -0.15) is 0 Å². The standard InChI is InChI=1S/C21H30N2O3/c1-5-18-21(25)23(17-11-13(2)9-10-19(17)26-18)12-20(24)22-16-8-6-7-14(3)15(16)4/h9-11,14-16,18H,5-8,12H2,1-4H3,(H,22,24)/t14-,15+,16-,18+/m1/s1. The Morgan fingerprint density at radius 2 is 2.08 bits per heavy atom. The number of carbonyl (C=O) groups excluding carboxylic acids is 2. The molecule has 3 rings (SSSR count). The first-order chi connectivity index (χ1) is 12.4. The summed E-state index contributed by atoms with van der Waals surface area (Å²) in [4.78, 5) is 27.1. The van der Waals surface area contributed by atoms with Crippen LogP contribution in [0.3, 0.4) is 0 Å². The van der Waals surface area contributed by atoms with Crippen molar-refractivity contribution in [3.05, 3.63) is 23.8 Å². The zero-order valence-corrected chi connectivity index (χ0v) is 16.2. The van der Waals surface area contributed by atoms with E-state index in [-0.39, 0.29) is 24.4 Å². The molecule has 5 heteroatoms. The molecule has 1 aliphatic heterocycles. The molecule has 1 saturated carbocycles. The number of benzene rings is 1. The van der Waals surface area contributed by atoms with E-state index in [0.29, 0.717) is 29.7 Å². The van der Waals surface area contributed by atoms with Crippen molar-refractivity contribution in [2.45, 2.75) is 65.5 Å². The molecule has 0 spiro atoms. The first kappa shape index (κ1) is 18.7. The minimum atomic E-state index is -0.522. The second-order valence-electron chi connectivity index (χ2n) is 7.85. The molecule has 2 aliphatic rings. The zero-order chi connectivity index (χ0) is 18.8. The average Bonchev–Trinajstić information content (AvgIpc) is 2.61. The average molecular weight is 358 g/mol. The largest absolute Gasteiger partial charge is 0.478 e. The number of nitrogens with zero attached hydrogens (tertiary/aromatic N) is 1. The fraction of sp³-hybridized carbons (Fsp3) is 0.619. The van der Waals surface area contributed by atoms with Crippen LogP contribution in [0.4, 0.5) is 5.69 Å². The van der Waals surface area contributed by atoms with Crippen LogP contribution in [-0.4, -0.2) is 30.5 Å². The fourth-order valence-electron chi connectivity index (χ4n) is 4.04. The quantitative estimate of drug-likeness (QED) is 0.897. The minimum Gasteiger partial charge on any atom is -0.478 e. The molecule has 142 valence electrons. The Hall–Kier alpha value is -2.04. The number of amides is 2. The third-order valence-corrected chi connectivity index (χ3v) is 5.94. The summed E-state index contributed by atoms with van der Waals surface area (Å²) in [6.07, 6.45) is 3.45. The van der Waals surface area contributed by atoms with Crippen LogP contribution in [0, 0.1) is 18.8 Å². The molecule has 0 unspecified atom stereocenters. The van der Waals surface area contributed by atoms with E-state index in [1.807, 2.05) is 32.0 Å². The predicted molar refractivity (Wildman–Crippen MR) is 102 cm³/mol. The van der Waals surface area contributed by atoms with Crippen molar-refractivity contribution in [2.24, 2.45) is 11.8 Å². The Morgan fingerprint density at radius 3 is 2.81 bits per heavy atom. The molecule has 0 radical (unpaired) electrons. The third-order valence-electron chi connectivity index (χ3n) is 5.94. The second-order valence-corrected chi connectivity index (χ2v) is 7.85. The van der Waals surface area contributed by atoms with Crippen LogP contribution >= 0.6 is 0 Å². The number of hydrogen-bond acceptors (Lipinski definition) is 3. The van der Waals surface area contributed by atoms with Gasteiger partial charge in [0.1, 0.15) is 12.3 Å². The normalized spacial score (nSPS) is 28.3. The topological polar surface area (TPSA) is 58.6 Å². The van der Waals surface area contributed by atoms with Crippen molar-refractivity contribution in [3.63, 3.8) is 0 Å². The van der Waals surface area contributed by atoms with Gasteiger partial charge in [0.15, 0.2) is 6.10 Å². The lowest BCUT2D eigenvalue weighted by atomic mass is 9.78. The number of ether oxygens (including phenoxy) is 1. The van der Waals surface area contributed by atoms with Crippen molar-refractivity contribution < 1.29 is 14.3 Å². The van der Waals surface area contributed by atoms with Gasteiger partial charge in [0, 0.05) is 6.04 Å². The molecule has 1 N–H and O–H groups in total. The van der Waals surface area contributed by atoms with Gasteiger partial charge >= 0.3 is 0 Å². The van der Waals surface area contributed by atoms with Crippen LogP contribution in [-0.2, 0) is 9.59 Å². The van der Waals surface area contributed by atoms with Gasteiger partial charge in [0.2, 0.25) is 5.91 Å². The number of nitrogens with one attached hydrogen (secondary N) is 1. The molecule has 1 fully saturated rings. The zero-order valence-electron chi connectivity index (χ0n) is 16.2. The van der Waals surface area contributed by atoms with Crippen LogP contribution in [0.5, 0.6) is 5.75 Å². The van der Waals surface area contributed by atoms with E-state index in [9.17, 15) is 9.59 Å². The van der Waals surface area contributed by atoms with Gasteiger partial charge in [-0.05, 0) is 49.3 Å². The van der Waals surface area contributed by atoms with E-state index in [4.69, 9.17) is 4.74 Å². The first-order valence-corrected chi connectivity index (χ1v) is 9.78. The van der Waals surface area contributed by atoms with Crippen molar-refractivity contribution >= 4 is 17.5 Å². The van der Waals surface area contributed by atoms with Crippen LogP contribution in [0.2, 0.25) is 0 Å². The number of aryl methyl sites for hydroxylation is 1. The van der Waals surface area contributed by atoms with Crippen molar-refractivity contribution in [1.82, 2.24) is 5.32 Å². The molecule has 0 aromatic heterocycles. The maximum Gasteiger partial charge on any atom is 0.268 e. The van der Waals surface area contributed by atoms with Gasteiger partial charge in [-0.25, -0.2) is 0 Å². The molecule has 1 aromatic carbocycles. The van der Waals surface area contributed by atoms with Crippen molar-refractivity contribution in [3.8, 4) is 5.75 Å². The SMILES string of the molecule is CC[C@@H]1Oc2ccc(C)cc2N(CC(=O)N[C@@H]2CCC[C@@H](C)[C@@H]2C)C1=O. The van der Waals surface area contributed by atoms with Crippen molar-refractivity contribution in [2.75, 3.05) is 11.4 Å². The molecular weight excluding hydrogens is 328 g/mol. The van der Waals surface area contributed by atoms with Crippen LogP contribution in [0.1, 0.15) is 52.0 Å².